The molecule has 0 saturated heterocycles. The van der Waals surface area contributed by atoms with E-state index in [9.17, 15) is 5.11 Å². The first-order valence-corrected chi connectivity index (χ1v) is 7.71. The molecule has 1 aromatic carbocycles. The predicted molar refractivity (Wildman–Crippen MR) is 81.5 cm³/mol. The van der Waals surface area contributed by atoms with Crippen LogP contribution in [0, 0.1) is 5.92 Å². The fourth-order valence-corrected chi connectivity index (χ4v) is 3.46. The van der Waals surface area contributed by atoms with Crippen LogP contribution in [0.1, 0.15) is 70.4 Å². The second kappa shape index (κ2) is 5.66. The molecule has 2 atom stereocenters. The Labute approximate surface area is 118 Å². The van der Waals surface area contributed by atoms with E-state index in [1.54, 1.807) is 0 Å². The van der Waals surface area contributed by atoms with E-state index in [-0.39, 0.29) is 11.5 Å². The van der Waals surface area contributed by atoms with Gasteiger partial charge in [0.05, 0.1) is 6.10 Å². The van der Waals surface area contributed by atoms with Crippen LogP contribution in [0.5, 0.6) is 0 Å². The predicted octanol–water partition coefficient (Wildman–Crippen LogP) is 4.64. The average Bonchev–Trinajstić information content (AvgIpc) is 2.39. The van der Waals surface area contributed by atoms with Crippen LogP contribution in [0.25, 0.3) is 0 Å². The highest BCUT2D eigenvalue weighted by Crippen LogP contribution is 2.41. The molecule has 0 aliphatic heterocycles. The van der Waals surface area contributed by atoms with Gasteiger partial charge in [0, 0.05) is 0 Å². The lowest BCUT2D eigenvalue weighted by Gasteiger charge is -2.40. The largest absolute Gasteiger partial charge is 0.393 e. The Bertz CT molecular complexity index is 402. The Kier molecular flexibility index (Phi) is 4.35. The average molecular weight is 260 g/mol. The third-order valence-electron chi connectivity index (χ3n) is 4.98. The summed E-state index contributed by atoms with van der Waals surface area (Å²) in [5, 5.41) is 10.3. The zero-order chi connectivity index (χ0) is 14.0. The minimum Gasteiger partial charge on any atom is -0.393 e. The standard InChI is InChI=1S/C18H28O/c1-13(2)14-9-11-15(12-10-14)18(3,4)16-7-5-6-8-17(16)19/h9-13,16-17,19H,5-8H2,1-4H3/t16-,17-/m1/s1. The molecule has 106 valence electrons. The first kappa shape index (κ1) is 14.6. The van der Waals surface area contributed by atoms with Crippen LogP contribution in [0.3, 0.4) is 0 Å². The number of hydrogen-bond acceptors (Lipinski definition) is 1. The molecule has 1 saturated carbocycles. The van der Waals surface area contributed by atoms with E-state index < -0.39 is 0 Å². The van der Waals surface area contributed by atoms with E-state index in [4.69, 9.17) is 0 Å². The van der Waals surface area contributed by atoms with Crippen LogP contribution >= 0.6 is 0 Å². The molecule has 1 nitrogen and oxygen atoms in total. The SMILES string of the molecule is CC(C)c1ccc(C(C)(C)[C@@H]2CCCC[C@H]2O)cc1. The number of aliphatic hydroxyl groups excluding tert-OH is 1. The summed E-state index contributed by atoms with van der Waals surface area (Å²) >= 11 is 0. The van der Waals surface area contributed by atoms with Gasteiger partial charge in [-0.3, -0.25) is 0 Å². The van der Waals surface area contributed by atoms with E-state index in [2.05, 4.69) is 52.0 Å². The minimum atomic E-state index is -0.131. The van der Waals surface area contributed by atoms with Crippen molar-refractivity contribution in [2.24, 2.45) is 5.92 Å². The quantitative estimate of drug-likeness (QED) is 0.839. The Morgan fingerprint density at radius 3 is 2.16 bits per heavy atom. The third-order valence-corrected chi connectivity index (χ3v) is 4.98. The summed E-state index contributed by atoms with van der Waals surface area (Å²) in [4.78, 5) is 0. The van der Waals surface area contributed by atoms with Crippen molar-refractivity contribution in [3.8, 4) is 0 Å². The number of hydrogen-bond donors (Lipinski definition) is 1. The van der Waals surface area contributed by atoms with Gasteiger partial charge in [-0.05, 0) is 41.2 Å². The molecule has 1 N–H and O–H groups in total. The molecule has 2 rings (SSSR count). The third kappa shape index (κ3) is 3.02. The summed E-state index contributed by atoms with van der Waals surface area (Å²) in [5.74, 6) is 0.976. The summed E-state index contributed by atoms with van der Waals surface area (Å²) in [5.41, 5.74) is 2.82. The van der Waals surface area contributed by atoms with Crippen molar-refractivity contribution in [3.05, 3.63) is 35.4 Å². The Balaban J connectivity index is 2.22. The molecule has 0 heterocycles. The maximum atomic E-state index is 10.3. The van der Waals surface area contributed by atoms with Gasteiger partial charge >= 0.3 is 0 Å². The van der Waals surface area contributed by atoms with E-state index in [1.807, 2.05) is 0 Å². The number of aliphatic hydroxyl groups is 1. The highest BCUT2D eigenvalue weighted by molar-refractivity contribution is 5.30. The Hall–Kier alpha value is -0.820. The highest BCUT2D eigenvalue weighted by atomic mass is 16.3. The van der Waals surface area contributed by atoms with Gasteiger partial charge in [-0.1, -0.05) is 64.8 Å². The van der Waals surface area contributed by atoms with Gasteiger partial charge < -0.3 is 5.11 Å². The van der Waals surface area contributed by atoms with Gasteiger partial charge in [-0.25, -0.2) is 0 Å². The number of benzene rings is 1. The van der Waals surface area contributed by atoms with Gasteiger partial charge in [0.2, 0.25) is 0 Å². The smallest absolute Gasteiger partial charge is 0.0576 e. The Morgan fingerprint density at radius 2 is 1.63 bits per heavy atom. The fourth-order valence-electron chi connectivity index (χ4n) is 3.46. The molecular weight excluding hydrogens is 232 g/mol. The molecular formula is C18H28O. The molecule has 0 unspecified atom stereocenters. The molecule has 1 heteroatoms. The summed E-state index contributed by atoms with van der Waals surface area (Å²) in [6.07, 6.45) is 4.43. The second-order valence-corrected chi connectivity index (χ2v) is 6.96. The van der Waals surface area contributed by atoms with Gasteiger partial charge in [0.15, 0.2) is 0 Å². The lowest BCUT2D eigenvalue weighted by molar-refractivity contribution is 0.0321. The van der Waals surface area contributed by atoms with Crippen LogP contribution < -0.4 is 0 Å². The van der Waals surface area contributed by atoms with Crippen molar-refractivity contribution < 1.29 is 5.11 Å². The van der Waals surface area contributed by atoms with Crippen LogP contribution in [0.2, 0.25) is 0 Å². The lowest BCUT2D eigenvalue weighted by Crippen LogP contribution is -2.39. The van der Waals surface area contributed by atoms with Crippen LogP contribution in [0.15, 0.2) is 24.3 Å². The van der Waals surface area contributed by atoms with E-state index in [1.165, 1.54) is 24.0 Å². The maximum absolute atomic E-state index is 10.3. The summed E-state index contributed by atoms with van der Waals surface area (Å²) in [7, 11) is 0. The van der Waals surface area contributed by atoms with Crippen molar-refractivity contribution in [3.63, 3.8) is 0 Å². The molecule has 19 heavy (non-hydrogen) atoms. The van der Waals surface area contributed by atoms with E-state index in [0.29, 0.717) is 11.8 Å². The highest BCUT2D eigenvalue weighted by Gasteiger charge is 2.37. The molecule has 1 aromatic rings. The normalized spacial score (nSPS) is 24.7. The summed E-state index contributed by atoms with van der Waals surface area (Å²) in [6.45, 7) is 9.03. The second-order valence-electron chi connectivity index (χ2n) is 6.96. The molecule has 0 amide bonds. The van der Waals surface area contributed by atoms with E-state index in [0.717, 1.165) is 12.8 Å². The molecule has 0 radical (unpaired) electrons. The lowest BCUT2D eigenvalue weighted by atomic mass is 9.66. The first-order valence-electron chi connectivity index (χ1n) is 7.71. The first-order chi connectivity index (χ1) is 8.93. The fraction of sp³-hybridized carbons (Fsp3) is 0.667. The van der Waals surface area contributed by atoms with Crippen LogP contribution in [-0.4, -0.2) is 11.2 Å². The monoisotopic (exact) mass is 260 g/mol. The molecule has 1 fully saturated rings. The zero-order valence-electron chi connectivity index (χ0n) is 12.8. The van der Waals surface area contributed by atoms with Gasteiger partial charge in [-0.15, -0.1) is 0 Å². The zero-order valence-corrected chi connectivity index (χ0v) is 12.8. The van der Waals surface area contributed by atoms with Crippen LogP contribution in [-0.2, 0) is 5.41 Å². The molecule has 0 bridgehead atoms. The topological polar surface area (TPSA) is 20.2 Å². The van der Waals surface area contributed by atoms with Gasteiger partial charge in [0.25, 0.3) is 0 Å². The van der Waals surface area contributed by atoms with E-state index >= 15 is 0 Å². The van der Waals surface area contributed by atoms with Crippen molar-refractivity contribution in [1.82, 2.24) is 0 Å². The van der Waals surface area contributed by atoms with Crippen LogP contribution in [0.4, 0.5) is 0 Å². The van der Waals surface area contributed by atoms with Gasteiger partial charge in [-0.2, -0.15) is 0 Å². The molecule has 1 aliphatic rings. The Morgan fingerprint density at radius 1 is 1.05 bits per heavy atom. The van der Waals surface area contributed by atoms with Crippen molar-refractivity contribution in [2.75, 3.05) is 0 Å². The van der Waals surface area contributed by atoms with Crippen molar-refractivity contribution in [2.45, 2.75) is 70.8 Å². The summed E-state index contributed by atoms with van der Waals surface area (Å²) in [6, 6.07) is 9.02. The summed E-state index contributed by atoms with van der Waals surface area (Å²) < 4.78 is 0. The van der Waals surface area contributed by atoms with Gasteiger partial charge in [0.1, 0.15) is 0 Å². The van der Waals surface area contributed by atoms with Crippen molar-refractivity contribution >= 4 is 0 Å². The molecule has 0 spiro atoms. The maximum Gasteiger partial charge on any atom is 0.0576 e. The molecule has 0 aromatic heterocycles. The molecule has 1 aliphatic carbocycles. The van der Waals surface area contributed by atoms with Crippen molar-refractivity contribution in [1.29, 1.82) is 0 Å². The number of rotatable bonds is 3. The minimum absolute atomic E-state index is 0.0648.